The molecule has 0 saturated heterocycles. The molecule has 0 amide bonds. The number of rotatable bonds is 9. The van der Waals surface area contributed by atoms with E-state index in [2.05, 4.69) is 10.8 Å². The lowest BCUT2D eigenvalue weighted by molar-refractivity contribution is -0.137. The Balaban J connectivity index is 1.76. The number of carboxylic acid groups (broad SMARTS) is 1. The Morgan fingerprint density at radius 1 is 1.24 bits per heavy atom. The minimum atomic E-state index is -3.45. The zero-order valence-electron chi connectivity index (χ0n) is 14.6. The first kappa shape index (κ1) is 19.7. The SMILES string of the molecule is Cc1ccc(S(=O)(=O)NC2CCC(C/C=C/CCCC(=O)O)C2)cc1. The average Bonchev–Trinajstić information content (AvgIpc) is 2.97. The van der Waals surface area contributed by atoms with Crippen LogP contribution in [0.1, 0.15) is 50.5 Å². The van der Waals surface area contributed by atoms with Gasteiger partial charge in [-0.15, -0.1) is 0 Å². The summed E-state index contributed by atoms with van der Waals surface area (Å²) in [6.45, 7) is 1.93. The summed E-state index contributed by atoms with van der Waals surface area (Å²) in [5, 5.41) is 8.58. The van der Waals surface area contributed by atoms with Crippen LogP contribution < -0.4 is 4.72 Å². The van der Waals surface area contributed by atoms with Crippen LogP contribution in [0, 0.1) is 12.8 Å². The average molecular weight is 365 g/mol. The zero-order chi connectivity index (χ0) is 18.3. The van der Waals surface area contributed by atoms with E-state index in [1.807, 2.05) is 13.0 Å². The van der Waals surface area contributed by atoms with E-state index in [0.29, 0.717) is 17.2 Å². The molecule has 0 aliphatic heterocycles. The molecule has 6 heteroatoms. The number of nitrogens with one attached hydrogen (secondary N) is 1. The summed E-state index contributed by atoms with van der Waals surface area (Å²) >= 11 is 0. The van der Waals surface area contributed by atoms with Crippen molar-refractivity contribution in [3.63, 3.8) is 0 Å². The highest BCUT2D eigenvalue weighted by molar-refractivity contribution is 7.89. The zero-order valence-corrected chi connectivity index (χ0v) is 15.5. The van der Waals surface area contributed by atoms with Crippen LogP contribution in [0.5, 0.6) is 0 Å². The molecule has 1 aliphatic rings. The summed E-state index contributed by atoms with van der Waals surface area (Å²) in [6.07, 6.45) is 9.44. The smallest absolute Gasteiger partial charge is 0.303 e. The number of unbranched alkanes of at least 4 members (excludes halogenated alkanes) is 1. The molecule has 1 aliphatic carbocycles. The van der Waals surface area contributed by atoms with Crippen molar-refractivity contribution in [1.29, 1.82) is 0 Å². The molecule has 1 aromatic rings. The van der Waals surface area contributed by atoms with Gasteiger partial charge < -0.3 is 5.11 Å². The van der Waals surface area contributed by atoms with Crippen molar-refractivity contribution < 1.29 is 18.3 Å². The Labute approximate surface area is 150 Å². The van der Waals surface area contributed by atoms with Crippen LogP contribution in [0.2, 0.25) is 0 Å². The summed E-state index contributed by atoms with van der Waals surface area (Å²) in [6, 6.07) is 6.90. The van der Waals surface area contributed by atoms with Gasteiger partial charge in [-0.2, -0.15) is 0 Å². The fourth-order valence-electron chi connectivity index (χ4n) is 3.18. The number of aryl methyl sites for hydroxylation is 1. The lowest BCUT2D eigenvalue weighted by Crippen LogP contribution is -2.33. The summed E-state index contributed by atoms with van der Waals surface area (Å²) < 4.78 is 27.7. The van der Waals surface area contributed by atoms with Gasteiger partial charge in [0, 0.05) is 12.5 Å². The second-order valence-corrected chi connectivity index (χ2v) is 8.52. The van der Waals surface area contributed by atoms with Crippen molar-refractivity contribution in [1.82, 2.24) is 4.72 Å². The van der Waals surface area contributed by atoms with Gasteiger partial charge in [-0.3, -0.25) is 4.79 Å². The van der Waals surface area contributed by atoms with Gasteiger partial charge in [0.2, 0.25) is 10.0 Å². The molecular weight excluding hydrogens is 338 g/mol. The van der Waals surface area contributed by atoms with Crippen molar-refractivity contribution in [2.24, 2.45) is 5.92 Å². The van der Waals surface area contributed by atoms with E-state index in [1.165, 1.54) is 0 Å². The van der Waals surface area contributed by atoms with Crippen molar-refractivity contribution >= 4 is 16.0 Å². The number of aliphatic carboxylic acids is 1. The van der Waals surface area contributed by atoms with Crippen LogP contribution in [0.3, 0.4) is 0 Å². The molecule has 25 heavy (non-hydrogen) atoms. The molecule has 0 bridgehead atoms. The lowest BCUT2D eigenvalue weighted by atomic mass is 10.0. The Hall–Kier alpha value is -1.66. The van der Waals surface area contributed by atoms with Crippen LogP contribution in [0.4, 0.5) is 0 Å². The minimum absolute atomic E-state index is 0.00304. The predicted molar refractivity (Wildman–Crippen MR) is 97.9 cm³/mol. The largest absolute Gasteiger partial charge is 0.481 e. The third-order valence-corrected chi connectivity index (χ3v) is 6.13. The number of sulfonamides is 1. The van der Waals surface area contributed by atoms with E-state index in [-0.39, 0.29) is 12.5 Å². The third-order valence-electron chi connectivity index (χ3n) is 4.59. The number of hydrogen-bond donors (Lipinski definition) is 2. The molecule has 138 valence electrons. The monoisotopic (exact) mass is 365 g/mol. The molecule has 2 N–H and O–H groups in total. The first-order chi connectivity index (χ1) is 11.9. The normalized spacial score (nSPS) is 21.0. The molecule has 0 aromatic heterocycles. The molecule has 0 heterocycles. The van der Waals surface area contributed by atoms with E-state index < -0.39 is 16.0 Å². The van der Waals surface area contributed by atoms with Crippen molar-refractivity contribution in [3.05, 3.63) is 42.0 Å². The number of hydrogen-bond acceptors (Lipinski definition) is 3. The van der Waals surface area contributed by atoms with Gasteiger partial charge in [-0.05, 0) is 63.5 Å². The summed E-state index contributed by atoms with van der Waals surface area (Å²) in [7, 11) is -3.45. The van der Waals surface area contributed by atoms with E-state index in [9.17, 15) is 13.2 Å². The van der Waals surface area contributed by atoms with Crippen LogP contribution in [-0.2, 0) is 14.8 Å². The van der Waals surface area contributed by atoms with Gasteiger partial charge in [0.25, 0.3) is 0 Å². The van der Waals surface area contributed by atoms with Crippen molar-refractivity contribution in [2.75, 3.05) is 0 Å². The van der Waals surface area contributed by atoms with Crippen LogP contribution in [0.15, 0.2) is 41.3 Å². The highest BCUT2D eigenvalue weighted by Crippen LogP contribution is 2.29. The molecule has 0 spiro atoms. The fourth-order valence-corrected chi connectivity index (χ4v) is 4.46. The molecule has 1 saturated carbocycles. The molecule has 1 fully saturated rings. The first-order valence-electron chi connectivity index (χ1n) is 8.82. The number of carboxylic acids is 1. The van der Waals surface area contributed by atoms with Crippen LogP contribution >= 0.6 is 0 Å². The lowest BCUT2D eigenvalue weighted by Gasteiger charge is -2.13. The Morgan fingerprint density at radius 3 is 2.64 bits per heavy atom. The quantitative estimate of drug-likeness (QED) is 0.517. The second-order valence-electron chi connectivity index (χ2n) is 6.80. The molecule has 0 radical (unpaired) electrons. The number of benzene rings is 1. The molecule has 2 unspecified atom stereocenters. The molecule has 2 atom stereocenters. The Kier molecular flexibility index (Phi) is 7.20. The van der Waals surface area contributed by atoms with Gasteiger partial charge in [-0.1, -0.05) is 29.8 Å². The van der Waals surface area contributed by atoms with Crippen LogP contribution in [0.25, 0.3) is 0 Å². The molecule has 5 nitrogen and oxygen atoms in total. The van der Waals surface area contributed by atoms with Crippen molar-refractivity contribution in [2.45, 2.75) is 62.8 Å². The van der Waals surface area contributed by atoms with Gasteiger partial charge in [0.05, 0.1) is 4.90 Å². The third kappa shape index (κ3) is 6.63. The van der Waals surface area contributed by atoms with Crippen molar-refractivity contribution in [3.8, 4) is 0 Å². The van der Waals surface area contributed by atoms with Gasteiger partial charge in [-0.25, -0.2) is 13.1 Å². The summed E-state index contributed by atoms with van der Waals surface area (Å²) in [5.74, 6) is -0.269. The number of carbonyl (C=O) groups is 1. The summed E-state index contributed by atoms with van der Waals surface area (Å²) in [4.78, 5) is 10.7. The first-order valence-corrected chi connectivity index (χ1v) is 10.3. The highest BCUT2D eigenvalue weighted by atomic mass is 32.2. The van der Waals surface area contributed by atoms with Gasteiger partial charge >= 0.3 is 5.97 Å². The number of allylic oxidation sites excluding steroid dienone is 2. The fraction of sp³-hybridized carbons (Fsp3) is 0.526. The second kappa shape index (κ2) is 9.15. The van der Waals surface area contributed by atoms with E-state index in [0.717, 1.165) is 37.7 Å². The molecule has 2 rings (SSSR count). The van der Waals surface area contributed by atoms with Crippen LogP contribution in [-0.4, -0.2) is 25.5 Å². The Bertz CT molecular complexity index is 695. The predicted octanol–water partition coefficient (Wildman–Crippen LogP) is 3.64. The minimum Gasteiger partial charge on any atom is -0.481 e. The van der Waals surface area contributed by atoms with E-state index in [1.54, 1.807) is 24.3 Å². The van der Waals surface area contributed by atoms with Gasteiger partial charge in [0.15, 0.2) is 0 Å². The molecular formula is C19H27NO4S. The van der Waals surface area contributed by atoms with E-state index >= 15 is 0 Å². The Morgan fingerprint density at radius 2 is 1.96 bits per heavy atom. The highest BCUT2D eigenvalue weighted by Gasteiger charge is 2.28. The topological polar surface area (TPSA) is 83.5 Å². The standard InChI is InChI=1S/C19H27NO4S/c1-15-8-12-18(13-9-15)25(23,24)20-17-11-10-16(14-17)6-4-2-3-5-7-19(21)22/h2,4,8-9,12-13,16-17,20H,3,5-7,10-11,14H2,1H3,(H,21,22)/b4-2+. The molecule has 1 aromatic carbocycles. The summed E-state index contributed by atoms with van der Waals surface area (Å²) in [5.41, 5.74) is 1.04. The van der Waals surface area contributed by atoms with E-state index in [4.69, 9.17) is 5.11 Å². The maximum absolute atomic E-state index is 12.4. The van der Waals surface area contributed by atoms with Gasteiger partial charge in [0.1, 0.15) is 0 Å². The maximum atomic E-state index is 12.4. The maximum Gasteiger partial charge on any atom is 0.303 e.